The molecule has 3 atom stereocenters. The summed E-state index contributed by atoms with van der Waals surface area (Å²) in [6.07, 6.45) is 5.27. The van der Waals surface area contributed by atoms with Crippen LogP contribution in [0.4, 0.5) is 5.13 Å². The molecule has 6 N–H and O–H groups in total. The Labute approximate surface area is 360 Å². The fourth-order valence-corrected chi connectivity index (χ4v) is 10.9. The average Bonchev–Trinajstić information content (AvgIpc) is 3.98. The lowest BCUT2D eigenvalue weighted by Gasteiger charge is -2.57. The van der Waals surface area contributed by atoms with E-state index in [-0.39, 0.29) is 49.2 Å². The van der Waals surface area contributed by atoms with Gasteiger partial charge in [0.2, 0.25) is 5.43 Å². The highest BCUT2D eigenvalue weighted by molar-refractivity contribution is 8.00. The van der Waals surface area contributed by atoms with E-state index >= 15 is 0 Å². The Balaban J connectivity index is 0.948. The fourth-order valence-electron chi connectivity index (χ4n) is 8.66. The van der Waals surface area contributed by atoms with Crippen molar-refractivity contribution in [3.8, 4) is 11.5 Å². The van der Waals surface area contributed by atoms with Crippen molar-refractivity contribution in [2.75, 3.05) is 38.5 Å². The minimum atomic E-state index is -1.92. The number of anilines is 1. The lowest BCUT2D eigenvalue weighted by atomic mass is 9.70. The van der Waals surface area contributed by atoms with E-state index in [0.29, 0.717) is 67.6 Å². The third-order valence-electron chi connectivity index (χ3n) is 12.6. The first-order chi connectivity index (χ1) is 28.7. The molecule has 4 saturated heterocycles. The zero-order valence-corrected chi connectivity index (χ0v) is 35.6. The van der Waals surface area contributed by atoms with E-state index in [1.807, 2.05) is 6.92 Å². The Bertz CT molecular complexity index is 2530. The number of hydrogen-bond acceptors (Lipinski definition) is 16. The SMILES string of the molecule is C[C@@H]1S[C@@H]2[C@H](NC(=O)/C(=N\OC(C)(C)C(=O)[O-])c3csc(N)n3)C(=O)N2C(C(=O)[O-])=C1C[N+]12CCC(CNC(=O)c3cn(C4CC4)c4cc(O)c(O)c(Cl)c4c3=O)(CC1)CC2. The summed E-state index contributed by atoms with van der Waals surface area (Å²) < 4.78 is 2.32. The second kappa shape index (κ2) is 15.2. The molecule has 0 unspecified atom stereocenters. The summed E-state index contributed by atoms with van der Waals surface area (Å²) in [7, 11) is 0. The summed E-state index contributed by atoms with van der Waals surface area (Å²) in [6, 6.07) is 0.136. The number of thiazole rings is 1. The summed E-state index contributed by atoms with van der Waals surface area (Å²) in [5.74, 6) is -6.37. The maximum atomic E-state index is 13.7. The van der Waals surface area contributed by atoms with Crippen molar-refractivity contribution in [3.05, 3.63) is 55.4 Å². The van der Waals surface area contributed by atoms with E-state index in [4.69, 9.17) is 22.2 Å². The van der Waals surface area contributed by atoms with E-state index in [9.17, 15) is 49.2 Å². The number of carboxylic acids is 2. The molecule has 22 heteroatoms. The second-order valence-corrected chi connectivity index (χ2v) is 19.7. The molecule has 0 radical (unpaired) electrons. The lowest BCUT2D eigenvalue weighted by molar-refractivity contribution is -0.941. The van der Waals surface area contributed by atoms with Gasteiger partial charge in [-0.2, -0.15) is 0 Å². The highest BCUT2D eigenvalue weighted by Gasteiger charge is 2.57. The number of β-lactam (4-membered cyclic amide) rings is 1. The van der Waals surface area contributed by atoms with Gasteiger partial charge in [-0.05, 0) is 33.6 Å². The maximum Gasteiger partial charge on any atom is 0.276 e. The fraction of sp³-hybridized carbons (Fsp3) is 0.487. The zero-order chi connectivity index (χ0) is 43.9. The first-order valence-corrected chi connectivity index (χ1v) is 21.8. The van der Waals surface area contributed by atoms with Crippen LogP contribution in [0.2, 0.25) is 5.02 Å². The van der Waals surface area contributed by atoms with Crippen LogP contribution in [0.5, 0.6) is 11.5 Å². The topological polar surface area (TPSA) is 282 Å². The highest BCUT2D eigenvalue weighted by atomic mass is 35.5. The number of nitrogens with one attached hydrogen (secondary N) is 2. The monoisotopic (exact) mass is 897 g/mol. The molecular weight excluding hydrogens is 856 g/mol. The number of quaternary nitrogens is 1. The minimum Gasteiger partial charge on any atom is -0.546 e. The number of carbonyl (C=O) groups excluding carboxylic acids is 5. The summed E-state index contributed by atoms with van der Waals surface area (Å²) in [6.45, 7) is 6.88. The number of aliphatic carboxylic acids is 2. The zero-order valence-electron chi connectivity index (χ0n) is 33.2. The first kappa shape index (κ1) is 42.3. The van der Waals surface area contributed by atoms with Crippen LogP contribution in [0.15, 0.2) is 38.9 Å². The van der Waals surface area contributed by atoms with E-state index in [0.717, 1.165) is 29.1 Å². The van der Waals surface area contributed by atoms with Crippen molar-refractivity contribution in [2.45, 2.75) is 81.2 Å². The van der Waals surface area contributed by atoms with Crippen LogP contribution in [0, 0.1) is 5.41 Å². The molecule has 1 aromatic carbocycles. The van der Waals surface area contributed by atoms with Crippen LogP contribution in [0.25, 0.3) is 10.9 Å². The minimum absolute atomic E-state index is 0.0223. The van der Waals surface area contributed by atoms with E-state index in [2.05, 4.69) is 20.8 Å². The maximum absolute atomic E-state index is 13.7. The van der Waals surface area contributed by atoms with Gasteiger partial charge in [0.15, 0.2) is 27.9 Å². The van der Waals surface area contributed by atoms with Crippen LogP contribution in [0.1, 0.15) is 75.0 Å². The Morgan fingerprint density at radius 1 is 1.15 bits per heavy atom. The Hall–Kier alpha value is -5.38. The molecule has 19 nitrogen and oxygen atoms in total. The molecule has 5 aliphatic heterocycles. The lowest BCUT2D eigenvalue weighted by Crippen LogP contribution is -2.72. The van der Waals surface area contributed by atoms with Gasteiger partial charge >= 0.3 is 0 Å². The van der Waals surface area contributed by atoms with Gasteiger partial charge in [0.1, 0.15) is 29.2 Å². The molecular formula is C39H42ClN8O11S2-. The summed E-state index contributed by atoms with van der Waals surface area (Å²) in [4.78, 5) is 89.1. The number of nitrogen functional groups attached to an aromatic ring is 1. The third kappa shape index (κ3) is 7.44. The summed E-state index contributed by atoms with van der Waals surface area (Å²) >= 11 is 8.63. The molecule has 6 aliphatic rings. The van der Waals surface area contributed by atoms with Gasteiger partial charge in [0.05, 0.1) is 53.2 Å². The van der Waals surface area contributed by atoms with Gasteiger partial charge in [-0.25, -0.2) is 4.98 Å². The van der Waals surface area contributed by atoms with Gasteiger partial charge < -0.3 is 60.3 Å². The number of halogens is 1. The number of fused-ring (bicyclic) bond motifs is 5. The van der Waals surface area contributed by atoms with Gasteiger partial charge in [0.25, 0.3) is 17.7 Å². The van der Waals surface area contributed by atoms with Crippen molar-refractivity contribution in [3.63, 3.8) is 0 Å². The van der Waals surface area contributed by atoms with Gasteiger partial charge in [-0.15, -0.1) is 23.1 Å². The van der Waals surface area contributed by atoms with Crippen molar-refractivity contribution < 1.29 is 53.7 Å². The van der Waals surface area contributed by atoms with E-state index in [1.54, 1.807) is 4.57 Å². The predicted molar refractivity (Wildman–Crippen MR) is 218 cm³/mol. The number of phenolic OH excluding ortho intramolecular Hbond substituents is 2. The molecule has 9 rings (SSSR count). The highest BCUT2D eigenvalue weighted by Crippen LogP contribution is 2.49. The van der Waals surface area contributed by atoms with Crippen molar-refractivity contribution in [1.82, 2.24) is 25.1 Å². The van der Waals surface area contributed by atoms with Crippen molar-refractivity contribution >= 4 is 86.1 Å². The van der Waals surface area contributed by atoms with Crippen LogP contribution in [-0.2, 0) is 24.0 Å². The Morgan fingerprint density at radius 3 is 2.41 bits per heavy atom. The number of rotatable bonds is 13. The number of aromatic hydroxyl groups is 2. The van der Waals surface area contributed by atoms with E-state index in [1.165, 1.54) is 43.3 Å². The number of nitrogens with zero attached hydrogens (tertiary/aromatic N) is 5. The smallest absolute Gasteiger partial charge is 0.276 e. The molecule has 3 amide bonds. The number of aromatic nitrogens is 2. The number of thioether (sulfide) groups is 1. The van der Waals surface area contributed by atoms with Crippen LogP contribution < -0.4 is 32.0 Å². The van der Waals surface area contributed by atoms with E-state index < -0.39 is 69.3 Å². The number of carbonyl (C=O) groups is 5. The molecule has 2 bridgehead atoms. The second-order valence-electron chi connectivity index (χ2n) is 17.0. The molecule has 61 heavy (non-hydrogen) atoms. The molecule has 324 valence electrons. The van der Waals surface area contributed by atoms with Crippen LogP contribution >= 0.6 is 34.7 Å². The van der Waals surface area contributed by atoms with Crippen molar-refractivity contribution in [1.29, 1.82) is 0 Å². The Morgan fingerprint density at radius 2 is 1.82 bits per heavy atom. The normalized spacial score (nSPS) is 26.2. The number of piperidine rings is 3. The van der Waals surface area contributed by atoms with Crippen LogP contribution in [-0.4, -0.2) is 120 Å². The van der Waals surface area contributed by atoms with Crippen molar-refractivity contribution in [2.24, 2.45) is 10.6 Å². The number of carboxylic acid groups (broad SMARTS) is 2. The average molecular weight is 898 g/mol. The molecule has 5 fully saturated rings. The predicted octanol–water partition coefficient (Wildman–Crippen LogP) is -0.0880. The number of hydrogen-bond donors (Lipinski definition) is 5. The number of oxime groups is 1. The first-order valence-electron chi connectivity index (χ1n) is 19.6. The number of nitrogens with two attached hydrogens (primary N) is 1. The van der Waals surface area contributed by atoms with Gasteiger partial charge in [0, 0.05) is 65.7 Å². The molecule has 7 heterocycles. The summed E-state index contributed by atoms with van der Waals surface area (Å²) in [5, 5.41) is 54.0. The number of phenols is 2. The molecule has 1 saturated carbocycles. The Kier molecular flexibility index (Phi) is 10.5. The quantitative estimate of drug-likeness (QED) is 0.0493. The molecule has 3 aromatic rings. The molecule has 1 aliphatic carbocycles. The largest absolute Gasteiger partial charge is 0.546 e. The summed E-state index contributed by atoms with van der Waals surface area (Å²) in [5.41, 5.74) is 2.98. The standard InChI is InChI=1S/C39H43ClN8O11S2/c1-17-20(28(35(55)56)47-33(54)27(34(47)61-17)44-32(53)26(21-15-60-37(41)43-21)45-59-38(2,3)36(57)58)14-48-9-6-39(7-10-48,8-11-48)16-42-31(52)19-13-46(18-4-5-18)22-12-23(49)30(51)25(40)24(22)29(19)50/h12-13,15,17-18,27,34H,4-11,14,16H2,1-3H3,(H7-,41,42,43,44,45,49,50,51,52,53,55,56,57,58)/p-1/t17-,27+,34+,39?,48?/m0/s1. The van der Waals surface area contributed by atoms with Gasteiger partial charge in [-0.3, -0.25) is 24.1 Å². The van der Waals surface area contributed by atoms with Crippen LogP contribution in [0.3, 0.4) is 0 Å². The molecule has 0 spiro atoms. The number of benzene rings is 1. The number of pyridine rings is 1. The third-order valence-corrected chi connectivity index (χ3v) is 15.1. The van der Waals surface area contributed by atoms with Gasteiger partial charge in [-0.1, -0.05) is 16.8 Å². The molecule has 2 aromatic heterocycles. The number of amides is 3.